The van der Waals surface area contributed by atoms with Gasteiger partial charge < -0.3 is 22.5 Å². The highest BCUT2D eigenvalue weighted by molar-refractivity contribution is 6.30. The van der Waals surface area contributed by atoms with Crippen LogP contribution in [0.1, 0.15) is 25.7 Å². The van der Waals surface area contributed by atoms with E-state index >= 15 is 0 Å². The van der Waals surface area contributed by atoms with Gasteiger partial charge in [-0.25, -0.2) is 0 Å². The number of hydrogen-bond acceptors (Lipinski definition) is 2. The van der Waals surface area contributed by atoms with Crippen LogP contribution in [-0.4, -0.2) is 25.0 Å². The molecular weight excluding hydrogens is 288 g/mol. The van der Waals surface area contributed by atoms with Gasteiger partial charge >= 0.3 is 0 Å². The largest absolute Gasteiger partial charge is 0.370 e. The molecule has 0 aliphatic heterocycles. The molecule has 0 aliphatic carbocycles. The van der Waals surface area contributed by atoms with Crippen LogP contribution in [0.25, 0.3) is 0 Å². The molecule has 116 valence electrons. The fourth-order valence-electron chi connectivity index (χ4n) is 1.68. The van der Waals surface area contributed by atoms with E-state index in [0.29, 0.717) is 17.5 Å². The van der Waals surface area contributed by atoms with E-state index in [1.807, 2.05) is 12.1 Å². The average molecular weight is 311 g/mol. The summed E-state index contributed by atoms with van der Waals surface area (Å²) in [5.41, 5.74) is 17.1. The highest BCUT2D eigenvalue weighted by Gasteiger charge is 1.99. The molecule has 21 heavy (non-hydrogen) atoms. The summed E-state index contributed by atoms with van der Waals surface area (Å²) < 4.78 is 0. The molecule has 0 saturated heterocycles. The maximum Gasteiger partial charge on any atom is 0.225 e. The lowest BCUT2D eigenvalue weighted by Gasteiger charge is -2.06. The first-order valence-electron chi connectivity index (χ1n) is 6.98. The van der Waals surface area contributed by atoms with E-state index < -0.39 is 0 Å². The lowest BCUT2D eigenvalue weighted by atomic mass is 10.2. The van der Waals surface area contributed by atoms with Crippen LogP contribution in [0.4, 0.5) is 5.69 Å². The van der Waals surface area contributed by atoms with Gasteiger partial charge in [0.25, 0.3) is 0 Å². The van der Waals surface area contributed by atoms with E-state index in [0.717, 1.165) is 37.9 Å². The molecule has 7 heteroatoms. The Balaban J connectivity index is 2.55. The molecule has 1 aromatic rings. The minimum atomic E-state index is -0.0293. The monoisotopic (exact) mass is 310 g/mol. The molecule has 0 saturated carbocycles. The third kappa shape index (κ3) is 8.16. The van der Waals surface area contributed by atoms with E-state index in [1.165, 1.54) is 0 Å². The van der Waals surface area contributed by atoms with Gasteiger partial charge in [0.1, 0.15) is 0 Å². The van der Waals surface area contributed by atoms with Crippen LogP contribution < -0.4 is 22.5 Å². The third-order valence-corrected chi connectivity index (χ3v) is 2.96. The van der Waals surface area contributed by atoms with Gasteiger partial charge in [-0.2, -0.15) is 4.99 Å². The number of anilines is 1. The lowest BCUT2D eigenvalue weighted by molar-refractivity contribution is 0.653. The fourth-order valence-corrected chi connectivity index (χ4v) is 1.81. The van der Waals surface area contributed by atoms with Crippen LogP contribution in [-0.2, 0) is 0 Å². The molecule has 0 unspecified atom stereocenters. The second-order valence-corrected chi connectivity index (χ2v) is 5.01. The Labute approximate surface area is 130 Å². The summed E-state index contributed by atoms with van der Waals surface area (Å²) in [4.78, 5) is 8.36. The minimum Gasteiger partial charge on any atom is -0.370 e. The number of hydrogen-bond donors (Lipinski definition) is 4. The van der Waals surface area contributed by atoms with Gasteiger partial charge in [0.2, 0.25) is 5.96 Å². The van der Waals surface area contributed by atoms with Crippen molar-refractivity contribution in [2.45, 2.75) is 25.7 Å². The SMILES string of the molecule is NCCCCCCN=C(N=C(N)N)Nc1ccc(Cl)cc1. The number of nitrogens with zero attached hydrogens (tertiary/aromatic N) is 2. The predicted octanol–water partition coefficient (Wildman–Crippen LogP) is 1.90. The first-order valence-corrected chi connectivity index (χ1v) is 7.36. The van der Waals surface area contributed by atoms with Gasteiger partial charge in [0, 0.05) is 17.3 Å². The van der Waals surface area contributed by atoms with Gasteiger partial charge in [-0.3, -0.25) is 4.99 Å². The normalized spacial score (nSPS) is 11.2. The number of rotatable bonds is 7. The smallest absolute Gasteiger partial charge is 0.225 e. The number of nitrogens with one attached hydrogen (secondary N) is 1. The summed E-state index contributed by atoms with van der Waals surface area (Å²) in [5.74, 6) is 0.370. The van der Waals surface area contributed by atoms with Crippen LogP contribution >= 0.6 is 11.6 Å². The minimum absolute atomic E-state index is 0.0293. The Morgan fingerprint density at radius 1 is 1.05 bits per heavy atom. The Morgan fingerprint density at radius 2 is 1.71 bits per heavy atom. The zero-order valence-corrected chi connectivity index (χ0v) is 12.8. The number of unbranched alkanes of at least 4 members (excludes halogenated alkanes) is 3. The molecule has 0 atom stereocenters. The van der Waals surface area contributed by atoms with Crippen molar-refractivity contribution in [2.24, 2.45) is 27.2 Å². The predicted molar refractivity (Wildman–Crippen MR) is 90.7 cm³/mol. The number of halogens is 1. The quantitative estimate of drug-likeness (QED) is 0.350. The highest BCUT2D eigenvalue weighted by atomic mass is 35.5. The zero-order valence-electron chi connectivity index (χ0n) is 12.1. The van der Waals surface area contributed by atoms with E-state index in [1.54, 1.807) is 12.1 Å². The number of nitrogens with two attached hydrogens (primary N) is 3. The number of benzene rings is 1. The van der Waals surface area contributed by atoms with Crippen molar-refractivity contribution in [1.29, 1.82) is 0 Å². The van der Waals surface area contributed by atoms with Crippen molar-refractivity contribution < 1.29 is 0 Å². The van der Waals surface area contributed by atoms with Gasteiger partial charge in [0.05, 0.1) is 0 Å². The van der Waals surface area contributed by atoms with Crippen molar-refractivity contribution in [2.75, 3.05) is 18.4 Å². The first kappa shape index (κ1) is 17.3. The average Bonchev–Trinajstić information content (AvgIpc) is 2.44. The second-order valence-electron chi connectivity index (χ2n) is 4.58. The Kier molecular flexibility index (Phi) is 8.23. The lowest BCUT2D eigenvalue weighted by Crippen LogP contribution is -2.26. The molecule has 0 radical (unpaired) electrons. The molecule has 0 aliphatic rings. The standard InChI is InChI=1S/C14H23ClN6/c15-11-5-7-12(8-6-11)20-14(21-13(17)18)19-10-4-2-1-3-9-16/h5-8H,1-4,9-10,16H2,(H5,17,18,19,20,21). The molecule has 0 fully saturated rings. The molecule has 7 N–H and O–H groups in total. The van der Waals surface area contributed by atoms with Gasteiger partial charge in [-0.15, -0.1) is 0 Å². The van der Waals surface area contributed by atoms with Crippen molar-refractivity contribution >= 4 is 29.2 Å². The van der Waals surface area contributed by atoms with E-state index in [-0.39, 0.29) is 5.96 Å². The number of guanidine groups is 2. The molecule has 0 heterocycles. The molecule has 0 aromatic heterocycles. The van der Waals surface area contributed by atoms with Crippen LogP contribution in [0.2, 0.25) is 5.02 Å². The van der Waals surface area contributed by atoms with Crippen molar-refractivity contribution in [3.63, 3.8) is 0 Å². The topological polar surface area (TPSA) is 115 Å². The van der Waals surface area contributed by atoms with E-state index in [9.17, 15) is 0 Å². The van der Waals surface area contributed by atoms with Crippen LogP contribution in [0, 0.1) is 0 Å². The van der Waals surface area contributed by atoms with Gasteiger partial charge in [0.15, 0.2) is 5.96 Å². The molecular formula is C14H23ClN6. The highest BCUT2D eigenvalue weighted by Crippen LogP contribution is 2.13. The summed E-state index contributed by atoms with van der Waals surface area (Å²) in [6.45, 7) is 1.40. The van der Waals surface area contributed by atoms with Crippen molar-refractivity contribution in [1.82, 2.24) is 0 Å². The summed E-state index contributed by atoms with van der Waals surface area (Å²) in [6.07, 6.45) is 4.24. The Hall–Kier alpha value is -1.79. The first-order chi connectivity index (χ1) is 10.1. The molecule has 1 aromatic carbocycles. The third-order valence-electron chi connectivity index (χ3n) is 2.71. The van der Waals surface area contributed by atoms with Gasteiger partial charge in [-0.05, 0) is 43.7 Å². The van der Waals surface area contributed by atoms with Gasteiger partial charge in [-0.1, -0.05) is 24.4 Å². The molecule has 6 nitrogen and oxygen atoms in total. The Morgan fingerprint density at radius 3 is 2.33 bits per heavy atom. The molecule has 1 rings (SSSR count). The maximum atomic E-state index is 5.84. The van der Waals surface area contributed by atoms with Crippen LogP contribution in [0.3, 0.4) is 0 Å². The fraction of sp³-hybridized carbons (Fsp3) is 0.429. The Bertz CT molecular complexity index is 465. The van der Waals surface area contributed by atoms with Crippen molar-refractivity contribution in [3.8, 4) is 0 Å². The zero-order chi connectivity index (χ0) is 15.5. The summed E-state index contributed by atoms with van der Waals surface area (Å²) >= 11 is 5.84. The van der Waals surface area contributed by atoms with E-state index in [4.69, 9.17) is 28.8 Å². The summed E-state index contributed by atoms with van der Waals surface area (Å²) in [7, 11) is 0. The van der Waals surface area contributed by atoms with Crippen molar-refractivity contribution in [3.05, 3.63) is 29.3 Å². The summed E-state index contributed by atoms with van der Waals surface area (Å²) in [6, 6.07) is 7.23. The number of aliphatic imine (C=N–C) groups is 2. The summed E-state index contributed by atoms with van der Waals surface area (Å²) in [5, 5.41) is 3.73. The second kappa shape index (κ2) is 10.0. The maximum absolute atomic E-state index is 5.84. The van der Waals surface area contributed by atoms with Crippen LogP contribution in [0.15, 0.2) is 34.3 Å². The molecule has 0 bridgehead atoms. The molecule has 0 amide bonds. The molecule has 0 spiro atoms. The van der Waals surface area contributed by atoms with E-state index in [2.05, 4.69) is 15.3 Å². The van der Waals surface area contributed by atoms with Crippen LogP contribution in [0.5, 0.6) is 0 Å².